The van der Waals surface area contributed by atoms with Gasteiger partial charge in [-0.25, -0.2) is 4.68 Å². The minimum Gasteiger partial charge on any atom is -0.377 e. The number of ether oxygens (including phenoxy) is 1. The molecule has 1 aliphatic heterocycles. The van der Waals surface area contributed by atoms with E-state index in [1.165, 1.54) is 24.8 Å². The molecule has 0 N–H and O–H groups in total. The number of likely N-dealkylation sites (N-methyl/N-ethyl adjacent to an activating group) is 1. The van der Waals surface area contributed by atoms with Crippen molar-refractivity contribution in [3.63, 3.8) is 0 Å². The standard InChI is InChI=1S/C18H25N3O/c1-15-16(12-20(2)14-18-10-6-7-11-22-18)13-21(19-15)17-8-4-3-5-9-17/h3-5,8-9,13,18H,6-7,10-12,14H2,1-2H3/t18-/m0/s1. The van der Waals surface area contributed by atoms with Gasteiger partial charge in [0.15, 0.2) is 0 Å². The van der Waals surface area contributed by atoms with Crippen LogP contribution in [0.15, 0.2) is 36.5 Å². The highest BCUT2D eigenvalue weighted by Crippen LogP contribution is 2.16. The molecule has 1 atom stereocenters. The lowest BCUT2D eigenvalue weighted by molar-refractivity contribution is -0.00261. The molecule has 118 valence electrons. The highest BCUT2D eigenvalue weighted by molar-refractivity contribution is 5.32. The van der Waals surface area contributed by atoms with Crippen molar-refractivity contribution in [2.75, 3.05) is 20.2 Å². The molecular weight excluding hydrogens is 274 g/mol. The number of benzene rings is 1. The summed E-state index contributed by atoms with van der Waals surface area (Å²) < 4.78 is 7.80. The molecule has 1 fully saturated rings. The maximum atomic E-state index is 5.83. The number of nitrogens with zero attached hydrogens (tertiary/aromatic N) is 3. The Labute approximate surface area is 132 Å². The lowest BCUT2D eigenvalue weighted by atomic mass is 10.1. The van der Waals surface area contributed by atoms with Crippen LogP contribution in [0.3, 0.4) is 0 Å². The first-order valence-electron chi connectivity index (χ1n) is 8.13. The van der Waals surface area contributed by atoms with Crippen LogP contribution in [-0.4, -0.2) is 41.0 Å². The molecule has 4 nitrogen and oxygen atoms in total. The SMILES string of the molecule is Cc1nn(-c2ccccc2)cc1CN(C)C[C@@H]1CCCCO1. The van der Waals surface area contributed by atoms with E-state index >= 15 is 0 Å². The summed E-state index contributed by atoms with van der Waals surface area (Å²) in [6.07, 6.45) is 6.23. The molecule has 0 unspecified atom stereocenters. The Morgan fingerprint density at radius 1 is 1.27 bits per heavy atom. The van der Waals surface area contributed by atoms with Gasteiger partial charge in [0, 0.05) is 31.5 Å². The molecule has 2 aromatic rings. The zero-order valence-electron chi connectivity index (χ0n) is 13.5. The lowest BCUT2D eigenvalue weighted by Gasteiger charge is -2.27. The van der Waals surface area contributed by atoms with Gasteiger partial charge in [0.25, 0.3) is 0 Å². The predicted molar refractivity (Wildman–Crippen MR) is 88.2 cm³/mol. The van der Waals surface area contributed by atoms with Crippen LogP contribution in [0, 0.1) is 6.92 Å². The smallest absolute Gasteiger partial charge is 0.0702 e. The van der Waals surface area contributed by atoms with Crippen molar-refractivity contribution in [2.45, 2.75) is 38.8 Å². The molecule has 1 aliphatic rings. The van der Waals surface area contributed by atoms with Crippen LogP contribution in [0.25, 0.3) is 5.69 Å². The summed E-state index contributed by atoms with van der Waals surface area (Å²) in [5.74, 6) is 0. The van der Waals surface area contributed by atoms with Gasteiger partial charge in [0.05, 0.1) is 17.5 Å². The second kappa shape index (κ2) is 7.07. The minimum atomic E-state index is 0.392. The van der Waals surface area contributed by atoms with E-state index < -0.39 is 0 Å². The number of hydrogen-bond acceptors (Lipinski definition) is 3. The van der Waals surface area contributed by atoms with Gasteiger partial charge in [-0.3, -0.25) is 4.90 Å². The Balaban J connectivity index is 1.63. The average molecular weight is 299 g/mol. The van der Waals surface area contributed by atoms with Crippen molar-refractivity contribution in [1.29, 1.82) is 0 Å². The Hall–Kier alpha value is -1.65. The van der Waals surface area contributed by atoms with Crippen molar-refractivity contribution >= 4 is 0 Å². The van der Waals surface area contributed by atoms with E-state index in [1.54, 1.807) is 0 Å². The van der Waals surface area contributed by atoms with Crippen molar-refractivity contribution < 1.29 is 4.74 Å². The Morgan fingerprint density at radius 3 is 2.82 bits per heavy atom. The van der Waals surface area contributed by atoms with Crippen LogP contribution in [0.2, 0.25) is 0 Å². The number of aryl methyl sites for hydroxylation is 1. The topological polar surface area (TPSA) is 30.3 Å². The third kappa shape index (κ3) is 3.76. The van der Waals surface area contributed by atoms with E-state index in [1.807, 2.05) is 22.9 Å². The monoisotopic (exact) mass is 299 g/mol. The predicted octanol–water partition coefficient (Wildman–Crippen LogP) is 3.18. The molecule has 0 amide bonds. The van der Waals surface area contributed by atoms with Gasteiger partial charge in [-0.1, -0.05) is 18.2 Å². The summed E-state index contributed by atoms with van der Waals surface area (Å²) in [5, 5.41) is 4.64. The van der Waals surface area contributed by atoms with Crippen molar-refractivity contribution in [3.05, 3.63) is 47.8 Å². The molecule has 0 radical (unpaired) electrons. The molecule has 0 aliphatic carbocycles. The minimum absolute atomic E-state index is 0.392. The van der Waals surface area contributed by atoms with Crippen LogP contribution in [-0.2, 0) is 11.3 Å². The second-order valence-corrected chi connectivity index (χ2v) is 6.21. The summed E-state index contributed by atoms with van der Waals surface area (Å²) >= 11 is 0. The van der Waals surface area contributed by atoms with Crippen LogP contribution in [0.5, 0.6) is 0 Å². The van der Waals surface area contributed by atoms with Gasteiger partial charge < -0.3 is 4.74 Å². The largest absolute Gasteiger partial charge is 0.377 e. The highest BCUT2D eigenvalue weighted by atomic mass is 16.5. The van der Waals surface area contributed by atoms with Crippen molar-refractivity contribution in [2.24, 2.45) is 0 Å². The Bertz CT molecular complexity index is 588. The molecular formula is C18H25N3O. The normalized spacial score (nSPS) is 18.8. The summed E-state index contributed by atoms with van der Waals surface area (Å²) in [7, 11) is 2.16. The second-order valence-electron chi connectivity index (χ2n) is 6.21. The van der Waals surface area contributed by atoms with Gasteiger partial charge in [-0.05, 0) is 45.4 Å². The van der Waals surface area contributed by atoms with Crippen LogP contribution in [0.1, 0.15) is 30.5 Å². The molecule has 4 heteroatoms. The number of para-hydroxylation sites is 1. The molecule has 0 bridgehead atoms. The molecule has 3 rings (SSSR count). The van der Waals surface area contributed by atoms with Gasteiger partial charge in [0.2, 0.25) is 0 Å². The molecule has 1 aromatic carbocycles. The molecule has 22 heavy (non-hydrogen) atoms. The number of rotatable bonds is 5. The molecule has 0 spiro atoms. The molecule has 0 saturated carbocycles. The van der Waals surface area contributed by atoms with Crippen LogP contribution < -0.4 is 0 Å². The maximum Gasteiger partial charge on any atom is 0.0702 e. The fourth-order valence-corrected chi connectivity index (χ4v) is 3.02. The Kier molecular flexibility index (Phi) is 4.90. The average Bonchev–Trinajstić information content (AvgIpc) is 2.90. The first-order valence-corrected chi connectivity index (χ1v) is 8.13. The zero-order chi connectivity index (χ0) is 15.4. The maximum absolute atomic E-state index is 5.83. The fourth-order valence-electron chi connectivity index (χ4n) is 3.02. The lowest BCUT2D eigenvalue weighted by Crippen LogP contribution is -2.33. The van der Waals surface area contributed by atoms with E-state index in [0.717, 1.165) is 31.1 Å². The molecule has 1 saturated heterocycles. The van der Waals surface area contributed by atoms with Gasteiger partial charge in [0.1, 0.15) is 0 Å². The van der Waals surface area contributed by atoms with E-state index in [9.17, 15) is 0 Å². The first kappa shape index (κ1) is 15.3. The van der Waals surface area contributed by atoms with Crippen molar-refractivity contribution in [1.82, 2.24) is 14.7 Å². The van der Waals surface area contributed by atoms with E-state index in [4.69, 9.17) is 4.74 Å². The number of hydrogen-bond donors (Lipinski definition) is 0. The third-order valence-electron chi connectivity index (χ3n) is 4.25. The third-order valence-corrected chi connectivity index (χ3v) is 4.25. The highest BCUT2D eigenvalue weighted by Gasteiger charge is 2.17. The molecule has 1 aromatic heterocycles. The van der Waals surface area contributed by atoms with E-state index in [0.29, 0.717) is 6.10 Å². The Morgan fingerprint density at radius 2 is 2.09 bits per heavy atom. The van der Waals surface area contributed by atoms with E-state index in [-0.39, 0.29) is 0 Å². The van der Waals surface area contributed by atoms with Crippen molar-refractivity contribution in [3.8, 4) is 5.69 Å². The van der Waals surface area contributed by atoms with Gasteiger partial charge >= 0.3 is 0 Å². The van der Waals surface area contributed by atoms with Gasteiger partial charge in [-0.2, -0.15) is 5.10 Å². The number of aromatic nitrogens is 2. The fraction of sp³-hybridized carbons (Fsp3) is 0.500. The molecule has 2 heterocycles. The van der Waals surface area contributed by atoms with E-state index in [2.05, 4.69) is 42.3 Å². The zero-order valence-corrected chi connectivity index (χ0v) is 13.5. The summed E-state index contributed by atoms with van der Waals surface area (Å²) in [4.78, 5) is 2.34. The first-order chi connectivity index (χ1) is 10.7. The van der Waals surface area contributed by atoms with Gasteiger partial charge in [-0.15, -0.1) is 0 Å². The van der Waals surface area contributed by atoms with Crippen LogP contribution >= 0.6 is 0 Å². The summed E-state index contributed by atoms with van der Waals surface area (Å²) in [5.41, 5.74) is 3.48. The quantitative estimate of drug-likeness (QED) is 0.849. The summed E-state index contributed by atoms with van der Waals surface area (Å²) in [6.45, 7) is 4.91. The van der Waals surface area contributed by atoms with Crippen LogP contribution in [0.4, 0.5) is 0 Å². The summed E-state index contributed by atoms with van der Waals surface area (Å²) in [6, 6.07) is 10.3.